The molecule has 0 unspecified atom stereocenters. The second-order valence-electron chi connectivity index (χ2n) is 5.47. The molecule has 0 saturated carbocycles. The molecule has 2 rings (SSSR count). The number of benzene rings is 1. The Morgan fingerprint density at radius 2 is 1.82 bits per heavy atom. The number of carbonyl (C=O) groups excluding carboxylic acids is 2. The number of rotatable bonds is 5. The monoisotopic (exact) mass is 305 g/mol. The highest BCUT2D eigenvalue weighted by molar-refractivity contribution is 5.78. The van der Waals surface area contributed by atoms with Gasteiger partial charge in [0.1, 0.15) is 6.29 Å². The number of carbonyl (C=O) groups is 2. The second-order valence-corrected chi connectivity index (χ2v) is 5.47. The summed E-state index contributed by atoms with van der Waals surface area (Å²) in [5.41, 5.74) is 0.513. The summed E-state index contributed by atoms with van der Waals surface area (Å²) in [6, 6.07) is 4.90. The molecule has 0 spiro atoms. The molecule has 120 valence electrons. The molecular formula is C17H23NO4. The van der Waals surface area contributed by atoms with E-state index in [4.69, 9.17) is 9.47 Å². The number of ether oxygens (including phenoxy) is 2. The van der Waals surface area contributed by atoms with Crippen LogP contribution in [0.25, 0.3) is 0 Å². The minimum atomic E-state index is -0.00318. The van der Waals surface area contributed by atoms with Crippen molar-refractivity contribution in [2.24, 2.45) is 0 Å². The topological polar surface area (TPSA) is 55.8 Å². The maximum Gasteiger partial charge on any atom is 0.260 e. The predicted octanol–water partition coefficient (Wildman–Crippen LogP) is 2.68. The molecule has 1 aromatic rings. The summed E-state index contributed by atoms with van der Waals surface area (Å²) in [4.78, 5) is 24.9. The largest absolute Gasteiger partial charge is 0.493 e. The summed E-state index contributed by atoms with van der Waals surface area (Å²) in [5, 5.41) is 0. The van der Waals surface area contributed by atoms with Crippen LogP contribution < -0.4 is 9.47 Å². The molecular weight excluding hydrogens is 282 g/mol. The first-order valence-corrected chi connectivity index (χ1v) is 7.78. The fraction of sp³-hybridized carbons (Fsp3) is 0.529. The first kappa shape index (κ1) is 16.3. The standard InChI is InChI=1S/C17H23NO4/c1-21-16-11-14(12-19)7-8-15(16)22-13-17(20)18-9-5-3-2-4-6-10-18/h7-8,11-12H,2-6,9-10,13H2,1H3. The maximum absolute atomic E-state index is 12.3. The van der Waals surface area contributed by atoms with Crippen LogP contribution in [-0.4, -0.2) is 43.9 Å². The fourth-order valence-electron chi connectivity index (χ4n) is 2.60. The van der Waals surface area contributed by atoms with E-state index in [1.165, 1.54) is 26.4 Å². The minimum Gasteiger partial charge on any atom is -0.493 e. The van der Waals surface area contributed by atoms with Crippen molar-refractivity contribution in [3.63, 3.8) is 0 Å². The molecule has 1 saturated heterocycles. The predicted molar refractivity (Wildman–Crippen MR) is 83.5 cm³/mol. The van der Waals surface area contributed by atoms with Crippen molar-refractivity contribution in [1.29, 1.82) is 0 Å². The van der Waals surface area contributed by atoms with Crippen LogP contribution in [0.4, 0.5) is 0 Å². The number of amides is 1. The Morgan fingerprint density at radius 1 is 1.14 bits per heavy atom. The van der Waals surface area contributed by atoms with Gasteiger partial charge in [0, 0.05) is 18.7 Å². The van der Waals surface area contributed by atoms with E-state index in [0.717, 1.165) is 32.2 Å². The molecule has 0 radical (unpaired) electrons. The summed E-state index contributed by atoms with van der Waals surface area (Å²) in [6.45, 7) is 1.61. The van der Waals surface area contributed by atoms with Crippen molar-refractivity contribution >= 4 is 12.2 Å². The third-order valence-corrected chi connectivity index (χ3v) is 3.88. The van der Waals surface area contributed by atoms with Crippen LogP contribution in [0.1, 0.15) is 42.5 Å². The zero-order valence-corrected chi connectivity index (χ0v) is 13.0. The van der Waals surface area contributed by atoms with E-state index in [-0.39, 0.29) is 12.5 Å². The van der Waals surface area contributed by atoms with Crippen LogP contribution in [-0.2, 0) is 4.79 Å². The van der Waals surface area contributed by atoms with Crippen LogP contribution in [0.2, 0.25) is 0 Å². The van der Waals surface area contributed by atoms with Crippen molar-refractivity contribution in [2.75, 3.05) is 26.8 Å². The first-order valence-electron chi connectivity index (χ1n) is 7.78. The van der Waals surface area contributed by atoms with Crippen LogP contribution in [0, 0.1) is 0 Å². The van der Waals surface area contributed by atoms with Crippen molar-refractivity contribution in [1.82, 2.24) is 4.90 Å². The van der Waals surface area contributed by atoms with Crippen molar-refractivity contribution in [3.05, 3.63) is 23.8 Å². The van der Waals surface area contributed by atoms with Gasteiger partial charge < -0.3 is 14.4 Å². The van der Waals surface area contributed by atoms with E-state index in [1.54, 1.807) is 18.2 Å². The molecule has 22 heavy (non-hydrogen) atoms. The molecule has 1 amide bonds. The molecule has 1 heterocycles. The van der Waals surface area contributed by atoms with Gasteiger partial charge in [-0.2, -0.15) is 0 Å². The highest BCUT2D eigenvalue weighted by atomic mass is 16.5. The van der Waals surface area contributed by atoms with Crippen LogP contribution >= 0.6 is 0 Å². The summed E-state index contributed by atoms with van der Waals surface area (Å²) in [6.07, 6.45) is 6.50. The Hall–Kier alpha value is -2.04. The van der Waals surface area contributed by atoms with Gasteiger partial charge >= 0.3 is 0 Å². The van der Waals surface area contributed by atoms with Gasteiger partial charge in [-0.25, -0.2) is 0 Å². The highest BCUT2D eigenvalue weighted by Gasteiger charge is 2.16. The summed E-state index contributed by atoms with van der Waals surface area (Å²) in [5.74, 6) is 0.946. The van der Waals surface area contributed by atoms with Crippen LogP contribution in [0.15, 0.2) is 18.2 Å². The first-order chi connectivity index (χ1) is 10.7. The van der Waals surface area contributed by atoms with E-state index in [0.29, 0.717) is 17.1 Å². The van der Waals surface area contributed by atoms with Gasteiger partial charge in [-0.15, -0.1) is 0 Å². The Kier molecular flexibility index (Phi) is 6.25. The van der Waals surface area contributed by atoms with Crippen molar-refractivity contribution in [3.8, 4) is 11.5 Å². The Morgan fingerprint density at radius 3 is 2.45 bits per heavy atom. The lowest BCUT2D eigenvalue weighted by atomic mass is 10.1. The number of likely N-dealkylation sites (tertiary alicyclic amines) is 1. The molecule has 1 fully saturated rings. The number of hydrogen-bond acceptors (Lipinski definition) is 4. The molecule has 5 nitrogen and oxygen atoms in total. The number of methoxy groups -OCH3 is 1. The molecule has 0 aliphatic carbocycles. The minimum absolute atomic E-state index is 0.00316. The molecule has 1 aromatic carbocycles. The third kappa shape index (κ3) is 4.48. The van der Waals surface area contributed by atoms with E-state index < -0.39 is 0 Å². The van der Waals surface area contributed by atoms with E-state index in [2.05, 4.69) is 0 Å². The molecule has 5 heteroatoms. The molecule has 0 N–H and O–H groups in total. The van der Waals surface area contributed by atoms with Crippen LogP contribution in [0.3, 0.4) is 0 Å². The van der Waals surface area contributed by atoms with Crippen molar-refractivity contribution in [2.45, 2.75) is 32.1 Å². The Balaban J connectivity index is 1.93. The van der Waals surface area contributed by atoms with E-state index in [1.807, 2.05) is 4.90 Å². The maximum atomic E-state index is 12.3. The van der Waals surface area contributed by atoms with Crippen LogP contribution in [0.5, 0.6) is 11.5 Å². The molecule has 0 aromatic heterocycles. The zero-order valence-electron chi connectivity index (χ0n) is 13.0. The third-order valence-electron chi connectivity index (χ3n) is 3.88. The van der Waals surface area contributed by atoms with Gasteiger partial charge in [-0.1, -0.05) is 19.3 Å². The van der Waals surface area contributed by atoms with Gasteiger partial charge in [0.15, 0.2) is 18.1 Å². The van der Waals surface area contributed by atoms with Gasteiger partial charge in [0.05, 0.1) is 7.11 Å². The lowest BCUT2D eigenvalue weighted by molar-refractivity contribution is -0.133. The SMILES string of the molecule is COc1cc(C=O)ccc1OCC(=O)N1CCCCCCC1. The van der Waals surface area contributed by atoms with Gasteiger partial charge in [-0.05, 0) is 31.0 Å². The summed E-state index contributed by atoms with van der Waals surface area (Å²) in [7, 11) is 1.51. The molecule has 1 aliphatic heterocycles. The molecule has 0 bridgehead atoms. The van der Waals surface area contributed by atoms with Gasteiger partial charge in [0.25, 0.3) is 5.91 Å². The fourth-order valence-corrected chi connectivity index (χ4v) is 2.60. The highest BCUT2D eigenvalue weighted by Crippen LogP contribution is 2.27. The van der Waals surface area contributed by atoms with Gasteiger partial charge in [-0.3, -0.25) is 9.59 Å². The van der Waals surface area contributed by atoms with Gasteiger partial charge in [0.2, 0.25) is 0 Å². The summed E-state index contributed by atoms with van der Waals surface area (Å²) >= 11 is 0. The zero-order chi connectivity index (χ0) is 15.8. The van der Waals surface area contributed by atoms with Crippen molar-refractivity contribution < 1.29 is 19.1 Å². The number of hydrogen-bond donors (Lipinski definition) is 0. The quantitative estimate of drug-likeness (QED) is 0.785. The number of aldehydes is 1. The second kappa shape index (κ2) is 8.41. The smallest absolute Gasteiger partial charge is 0.260 e. The molecule has 1 aliphatic rings. The van der Waals surface area contributed by atoms with E-state index in [9.17, 15) is 9.59 Å². The lowest BCUT2D eigenvalue weighted by Gasteiger charge is -2.24. The number of nitrogens with zero attached hydrogens (tertiary/aromatic N) is 1. The lowest BCUT2D eigenvalue weighted by Crippen LogP contribution is -2.37. The normalized spacial score (nSPS) is 15.6. The average Bonchev–Trinajstić information content (AvgIpc) is 2.52. The van der Waals surface area contributed by atoms with E-state index >= 15 is 0 Å². The Bertz CT molecular complexity index is 507. The Labute approximate surface area is 131 Å². The summed E-state index contributed by atoms with van der Waals surface area (Å²) < 4.78 is 10.8. The average molecular weight is 305 g/mol. The molecule has 0 atom stereocenters.